The Hall–Kier alpha value is -1.98. The number of hydrogen-bond acceptors (Lipinski definition) is 3. The largest absolute Gasteiger partial charge is 0.449 e. The van der Waals surface area contributed by atoms with Crippen molar-refractivity contribution in [1.29, 1.82) is 0 Å². The number of aromatic nitrogens is 1. The number of amides is 2. The van der Waals surface area contributed by atoms with E-state index < -0.39 is 0 Å². The Labute approximate surface area is 161 Å². The van der Waals surface area contributed by atoms with E-state index in [9.17, 15) is 9.59 Å². The first-order chi connectivity index (χ1) is 13.2. The maximum Gasteiger partial charge on any atom is 0.409 e. The molecule has 6 heteroatoms. The number of carbonyl (C=O) groups excluding carboxylic acids is 2. The molecule has 1 saturated heterocycles. The van der Waals surface area contributed by atoms with Crippen LogP contribution in [0.1, 0.15) is 55.3 Å². The van der Waals surface area contributed by atoms with Gasteiger partial charge < -0.3 is 19.9 Å². The average molecular weight is 373 g/mol. The lowest BCUT2D eigenvalue weighted by Gasteiger charge is -2.47. The molecule has 0 radical (unpaired) electrons. The van der Waals surface area contributed by atoms with Crippen molar-refractivity contribution in [2.45, 2.75) is 44.9 Å². The van der Waals surface area contributed by atoms with Crippen molar-refractivity contribution in [2.75, 3.05) is 26.2 Å². The van der Waals surface area contributed by atoms with Crippen molar-refractivity contribution >= 4 is 12.0 Å². The van der Waals surface area contributed by atoms with Crippen LogP contribution in [0.25, 0.3) is 0 Å². The molecule has 2 heterocycles. The maximum atomic E-state index is 12.4. The molecular weight excluding hydrogens is 342 g/mol. The monoisotopic (exact) mass is 373 g/mol. The van der Waals surface area contributed by atoms with Gasteiger partial charge in [-0.05, 0) is 55.4 Å². The summed E-state index contributed by atoms with van der Waals surface area (Å²) in [6.07, 6.45) is 11.8. The predicted octanol–water partition coefficient (Wildman–Crippen LogP) is 3.42. The Bertz CT molecular complexity index is 637. The molecule has 3 aliphatic rings. The van der Waals surface area contributed by atoms with Crippen molar-refractivity contribution < 1.29 is 14.3 Å². The van der Waals surface area contributed by atoms with Crippen LogP contribution in [0, 0.1) is 23.7 Å². The number of ether oxygens (including phenoxy) is 1. The van der Waals surface area contributed by atoms with Crippen LogP contribution in [0.5, 0.6) is 0 Å². The Balaban J connectivity index is 1.13. The number of aromatic amines is 1. The lowest BCUT2D eigenvalue weighted by molar-refractivity contribution is -0.0210. The molecule has 1 aromatic rings. The highest BCUT2D eigenvalue weighted by molar-refractivity contribution is 5.93. The molecule has 2 saturated carbocycles. The molecule has 6 nitrogen and oxygen atoms in total. The van der Waals surface area contributed by atoms with E-state index in [4.69, 9.17) is 4.74 Å². The van der Waals surface area contributed by atoms with E-state index in [0.29, 0.717) is 30.6 Å². The van der Waals surface area contributed by atoms with Crippen LogP contribution >= 0.6 is 0 Å². The summed E-state index contributed by atoms with van der Waals surface area (Å²) in [7, 11) is 0. The van der Waals surface area contributed by atoms with E-state index in [2.05, 4.69) is 10.3 Å². The molecule has 2 amide bonds. The second-order valence-corrected chi connectivity index (χ2v) is 8.52. The third-order valence-electron chi connectivity index (χ3n) is 6.88. The molecule has 0 spiro atoms. The summed E-state index contributed by atoms with van der Waals surface area (Å²) in [6.45, 7) is 2.71. The van der Waals surface area contributed by atoms with Gasteiger partial charge in [-0.15, -0.1) is 0 Å². The first-order valence-electron chi connectivity index (χ1n) is 10.5. The molecule has 2 aliphatic carbocycles. The second kappa shape index (κ2) is 8.36. The molecular formula is C21H31N3O3. The van der Waals surface area contributed by atoms with Crippen LogP contribution in [0.2, 0.25) is 0 Å². The van der Waals surface area contributed by atoms with Gasteiger partial charge in [-0.25, -0.2) is 4.79 Å². The van der Waals surface area contributed by atoms with Crippen molar-refractivity contribution in [3.05, 3.63) is 24.0 Å². The van der Waals surface area contributed by atoms with E-state index in [0.717, 1.165) is 37.8 Å². The van der Waals surface area contributed by atoms with Gasteiger partial charge in [0.15, 0.2) is 0 Å². The fourth-order valence-electron chi connectivity index (χ4n) is 5.10. The van der Waals surface area contributed by atoms with E-state index >= 15 is 0 Å². The molecule has 148 valence electrons. The zero-order valence-corrected chi connectivity index (χ0v) is 16.0. The molecule has 1 aromatic heterocycles. The van der Waals surface area contributed by atoms with Crippen LogP contribution < -0.4 is 5.32 Å². The molecule has 0 bridgehead atoms. The number of piperidine rings is 1. The third-order valence-corrected chi connectivity index (χ3v) is 6.88. The summed E-state index contributed by atoms with van der Waals surface area (Å²) in [4.78, 5) is 29.1. The van der Waals surface area contributed by atoms with Crippen LogP contribution in [-0.2, 0) is 4.74 Å². The van der Waals surface area contributed by atoms with E-state index in [1.807, 2.05) is 4.90 Å². The van der Waals surface area contributed by atoms with Gasteiger partial charge in [0.05, 0.1) is 12.2 Å². The minimum atomic E-state index is -0.149. The molecule has 2 N–H and O–H groups in total. The highest BCUT2D eigenvalue weighted by atomic mass is 16.6. The zero-order valence-electron chi connectivity index (χ0n) is 16.0. The number of carbonyl (C=O) groups is 2. The van der Waals surface area contributed by atoms with Crippen molar-refractivity contribution in [2.24, 2.45) is 23.7 Å². The highest BCUT2D eigenvalue weighted by Gasteiger charge is 2.42. The summed E-state index contributed by atoms with van der Waals surface area (Å²) in [6, 6.07) is 1.77. The quantitative estimate of drug-likeness (QED) is 0.830. The van der Waals surface area contributed by atoms with Crippen molar-refractivity contribution in [3.63, 3.8) is 0 Å². The van der Waals surface area contributed by atoms with Gasteiger partial charge in [-0.1, -0.05) is 19.3 Å². The number of rotatable bonds is 5. The standard InChI is InChI=1S/C21H31N3O3/c25-20(17-5-8-22-13-17)23-12-15-6-9-24(10-7-15)21(26)27-14-18-11-16-3-1-2-4-19(16)18/h5,8,13,15-16,18-19,22H,1-4,6-7,9-12,14H2,(H,23,25)/t16-,18?,19?/m1/s1. The fourth-order valence-corrected chi connectivity index (χ4v) is 5.10. The Kier molecular flexibility index (Phi) is 5.69. The minimum absolute atomic E-state index is 0.0420. The number of nitrogens with one attached hydrogen (secondary N) is 2. The first kappa shape index (κ1) is 18.4. The minimum Gasteiger partial charge on any atom is -0.449 e. The van der Waals surface area contributed by atoms with Gasteiger partial charge in [0.1, 0.15) is 0 Å². The molecule has 3 atom stereocenters. The summed E-state index contributed by atoms with van der Waals surface area (Å²) in [5.41, 5.74) is 0.659. The summed E-state index contributed by atoms with van der Waals surface area (Å²) >= 11 is 0. The van der Waals surface area contributed by atoms with Crippen molar-refractivity contribution in [1.82, 2.24) is 15.2 Å². The van der Waals surface area contributed by atoms with E-state index in [1.54, 1.807) is 18.5 Å². The molecule has 1 aliphatic heterocycles. The van der Waals surface area contributed by atoms with Crippen molar-refractivity contribution in [3.8, 4) is 0 Å². The Morgan fingerprint density at radius 1 is 1.19 bits per heavy atom. The third kappa shape index (κ3) is 4.30. The van der Waals surface area contributed by atoms with Gasteiger partial charge in [-0.2, -0.15) is 0 Å². The molecule has 27 heavy (non-hydrogen) atoms. The van der Waals surface area contributed by atoms with E-state index in [-0.39, 0.29) is 12.0 Å². The molecule has 4 rings (SSSR count). The molecule has 3 fully saturated rings. The number of nitrogens with zero attached hydrogens (tertiary/aromatic N) is 1. The Morgan fingerprint density at radius 3 is 2.74 bits per heavy atom. The lowest BCUT2D eigenvalue weighted by Crippen LogP contribution is -2.44. The van der Waals surface area contributed by atoms with Crippen LogP contribution in [0.15, 0.2) is 18.5 Å². The smallest absolute Gasteiger partial charge is 0.409 e. The summed E-state index contributed by atoms with van der Waals surface area (Å²) in [5.74, 6) is 2.69. The van der Waals surface area contributed by atoms with Gasteiger partial charge in [0.25, 0.3) is 5.91 Å². The maximum absolute atomic E-state index is 12.4. The fraction of sp³-hybridized carbons (Fsp3) is 0.714. The van der Waals surface area contributed by atoms with Crippen LogP contribution in [0.3, 0.4) is 0 Å². The highest BCUT2D eigenvalue weighted by Crippen LogP contribution is 2.49. The second-order valence-electron chi connectivity index (χ2n) is 8.52. The zero-order chi connectivity index (χ0) is 18.6. The van der Waals surface area contributed by atoms with Gasteiger partial charge >= 0.3 is 6.09 Å². The number of likely N-dealkylation sites (tertiary alicyclic amines) is 1. The van der Waals surface area contributed by atoms with Gasteiger partial charge in [0, 0.05) is 32.0 Å². The SMILES string of the molecule is O=C(NCC1CCN(C(=O)OCC2C[C@H]3CCCCC23)CC1)c1cc[nH]c1. The normalized spacial score (nSPS) is 28.1. The number of hydrogen-bond donors (Lipinski definition) is 2. The van der Waals surface area contributed by atoms with E-state index in [1.165, 1.54) is 32.1 Å². The average Bonchev–Trinajstić information content (AvgIpc) is 3.22. The topological polar surface area (TPSA) is 74.4 Å². The summed E-state index contributed by atoms with van der Waals surface area (Å²) in [5, 5.41) is 2.99. The molecule has 2 unspecified atom stereocenters. The molecule has 0 aromatic carbocycles. The first-order valence-corrected chi connectivity index (χ1v) is 10.5. The van der Waals surface area contributed by atoms with Crippen LogP contribution in [-0.4, -0.2) is 48.1 Å². The number of fused-ring (bicyclic) bond motifs is 1. The van der Waals surface area contributed by atoms with Gasteiger partial charge in [-0.3, -0.25) is 4.79 Å². The lowest BCUT2D eigenvalue weighted by atomic mass is 9.59. The summed E-state index contributed by atoms with van der Waals surface area (Å²) < 4.78 is 5.63. The van der Waals surface area contributed by atoms with Crippen LogP contribution in [0.4, 0.5) is 4.79 Å². The van der Waals surface area contributed by atoms with Gasteiger partial charge in [0.2, 0.25) is 0 Å². The predicted molar refractivity (Wildman–Crippen MR) is 102 cm³/mol. The number of H-pyrrole nitrogens is 1. The Morgan fingerprint density at radius 2 is 2.00 bits per heavy atom.